The number of carboxylic acids is 2. The highest BCUT2D eigenvalue weighted by molar-refractivity contribution is 7.89. The standard InChI is InChI=1S/C12H15N3O9S/c16-4-7(11(19)20)14-10(18)6-1-2-13-9(3-6)25(23,24)15-8(5-17)12(21)22/h1-3,7-8,15-17H,4-5H2,(H,14,18)(H,19,20)(H,21,22). The summed E-state index contributed by atoms with van der Waals surface area (Å²) in [5.41, 5.74) is -0.286. The molecule has 2 atom stereocenters. The Bertz CT molecular complexity index is 765. The van der Waals surface area contributed by atoms with Gasteiger partial charge >= 0.3 is 11.9 Å². The van der Waals surface area contributed by atoms with Gasteiger partial charge in [0.15, 0.2) is 11.1 Å². The van der Waals surface area contributed by atoms with Crippen LogP contribution in [-0.2, 0) is 19.6 Å². The number of carbonyl (C=O) groups is 3. The van der Waals surface area contributed by atoms with Crippen LogP contribution >= 0.6 is 0 Å². The maximum atomic E-state index is 12.1. The molecule has 0 radical (unpaired) electrons. The molecule has 6 N–H and O–H groups in total. The molecule has 0 saturated carbocycles. The van der Waals surface area contributed by atoms with E-state index in [1.165, 1.54) is 0 Å². The number of aliphatic carboxylic acids is 2. The summed E-state index contributed by atoms with van der Waals surface area (Å²) in [5.74, 6) is -4.10. The fourth-order valence-corrected chi connectivity index (χ4v) is 2.69. The Morgan fingerprint density at radius 3 is 2.12 bits per heavy atom. The molecule has 1 heterocycles. The van der Waals surface area contributed by atoms with E-state index in [1.54, 1.807) is 4.72 Å². The van der Waals surface area contributed by atoms with Crippen molar-refractivity contribution >= 4 is 27.9 Å². The largest absolute Gasteiger partial charge is 0.480 e. The Morgan fingerprint density at radius 1 is 1.08 bits per heavy atom. The molecule has 0 bridgehead atoms. The number of pyridine rings is 1. The lowest BCUT2D eigenvalue weighted by atomic mass is 10.2. The van der Waals surface area contributed by atoms with Crippen LogP contribution < -0.4 is 10.0 Å². The third-order valence-electron chi connectivity index (χ3n) is 2.84. The minimum atomic E-state index is -4.47. The Hall–Kier alpha value is -2.61. The highest BCUT2D eigenvalue weighted by Crippen LogP contribution is 2.09. The van der Waals surface area contributed by atoms with Crippen LogP contribution in [0.5, 0.6) is 0 Å². The average molecular weight is 377 g/mol. The minimum absolute atomic E-state index is 0.286. The molecule has 1 amide bonds. The number of sulfonamides is 1. The normalized spacial score (nSPS) is 13.7. The maximum Gasteiger partial charge on any atom is 0.328 e. The maximum absolute atomic E-state index is 12.1. The fraction of sp³-hybridized carbons (Fsp3) is 0.333. The summed E-state index contributed by atoms with van der Waals surface area (Å²) in [6, 6.07) is -1.53. The van der Waals surface area contributed by atoms with Crippen molar-refractivity contribution in [1.29, 1.82) is 0 Å². The molecule has 0 aliphatic heterocycles. The van der Waals surface area contributed by atoms with E-state index in [-0.39, 0.29) is 5.56 Å². The van der Waals surface area contributed by atoms with Gasteiger partial charge in [0.2, 0.25) is 0 Å². The predicted octanol–water partition coefficient (Wildman–Crippen LogP) is -3.02. The molecule has 0 fully saturated rings. The van der Waals surface area contributed by atoms with Gasteiger partial charge in [0, 0.05) is 11.8 Å². The first-order valence-corrected chi connectivity index (χ1v) is 8.07. The van der Waals surface area contributed by atoms with Gasteiger partial charge in [-0.05, 0) is 12.1 Å². The van der Waals surface area contributed by atoms with Crippen molar-refractivity contribution < 1.29 is 43.2 Å². The van der Waals surface area contributed by atoms with E-state index in [9.17, 15) is 22.8 Å². The molecular weight excluding hydrogens is 362 g/mol. The molecule has 0 aliphatic carbocycles. The Labute approximate surface area is 141 Å². The number of carbonyl (C=O) groups excluding carboxylic acids is 1. The van der Waals surface area contributed by atoms with Gasteiger partial charge < -0.3 is 25.7 Å². The van der Waals surface area contributed by atoms with Crippen LogP contribution in [0.25, 0.3) is 0 Å². The fourth-order valence-electron chi connectivity index (χ4n) is 1.54. The lowest BCUT2D eigenvalue weighted by molar-refractivity contribution is -0.141. The summed E-state index contributed by atoms with van der Waals surface area (Å²) < 4.78 is 25.8. The first-order chi connectivity index (χ1) is 11.6. The van der Waals surface area contributed by atoms with Crippen LogP contribution in [0.15, 0.2) is 23.4 Å². The zero-order chi connectivity index (χ0) is 19.2. The number of amides is 1. The number of rotatable bonds is 9. The zero-order valence-electron chi connectivity index (χ0n) is 12.5. The lowest BCUT2D eigenvalue weighted by Gasteiger charge is -2.13. The van der Waals surface area contributed by atoms with E-state index in [0.717, 1.165) is 18.3 Å². The molecule has 138 valence electrons. The van der Waals surface area contributed by atoms with E-state index in [1.807, 2.05) is 5.32 Å². The van der Waals surface area contributed by atoms with Gasteiger partial charge in [0.05, 0.1) is 13.2 Å². The average Bonchev–Trinajstić information content (AvgIpc) is 2.56. The number of nitrogens with one attached hydrogen (secondary N) is 2. The molecule has 1 aromatic rings. The zero-order valence-corrected chi connectivity index (χ0v) is 13.3. The number of aliphatic hydroxyl groups is 2. The smallest absolute Gasteiger partial charge is 0.328 e. The summed E-state index contributed by atoms with van der Waals surface area (Å²) in [4.78, 5) is 37.0. The van der Waals surface area contributed by atoms with Crippen molar-refractivity contribution in [3.8, 4) is 0 Å². The Balaban J connectivity index is 3.06. The van der Waals surface area contributed by atoms with Gasteiger partial charge in [-0.1, -0.05) is 0 Å². The molecule has 12 nitrogen and oxygen atoms in total. The molecule has 0 spiro atoms. The van der Waals surface area contributed by atoms with Gasteiger partial charge in [-0.2, -0.15) is 4.72 Å². The summed E-state index contributed by atoms with van der Waals surface area (Å²) in [7, 11) is -4.47. The number of hydrogen-bond donors (Lipinski definition) is 6. The van der Waals surface area contributed by atoms with Crippen LogP contribution in [0.1, 0.15) is 10.4 Å². The van der Waals surface area contributed by atoms with Crippen LogP contribution in [0.4, 0.5) is 0 Å². The van der Waals surface area contributed by atoms with Gasteiger partial charge in [-0.25, -0.2) is 18.2 Å². The topological polar surface area (TPSA) is 203 Å². The second kappa shape index (κ2) is 8.48. The van der Waals surface area contributed by atoms with Crippen molar-refractivity contribution in [3.63, 3.8) is 0 Å². The minimum Gasteiger partial charge on any atom is -0.480 e. The SMILES string of the molecule is O=C(NC(CO)C(=O)O)c1ccnc(S(=O)(=O)NC(CO)C(=O)O)c1. The van der Waals surface area contributed by atoms with Crippen LogP contribution in [-0.4, -0.2) is 77.0 Å². The Kier molecular flexibility index (Phi) is 6.93. The number of aromatic nitrogens is 1. The highest BCUT2D eigenvalue weighted by Gasteiger charge is 2.27. The quantitative estimate of drug-likeness (QED) is 0.257. The van der Waals surface area contributed by atoms with Gasteiger partial charge in [0.1, 0.15) is 6.04 Å². The molecular formula is C12H15N3O9S. The lowest BCUT2D eigenvalue weighted by Crippen LogP contribution is -2.44. The summed E-state index contributed by atoms with van der Waals surface area (Å²) in [5, 5.41) is 36.5. The molecule has 2 unspecified atom stereocenters. The Morgan fingerprint density at radius 2 is 1.64 bits per heavy atom. The monoisotopic (exact) mass is 377 g/mol. The molecule has 25 heavy (non-hydrogen) atoms. The molecule has 13 heteroatoms. The third-order valence-corrected chi connectivity index (χ3v) is 4.21. The van der Waals surface area contributed by atoms with E-state index >= 15 is 0 Å². The van der Waals surface area contributed by atoms with Gasteiger partial charge in [0.25, 0.3) is 15.9 Å². The van der Waals surface area contributed by atoms with Crippen molar-refractivity contribution in [2.75, 3.05) is 13.2 Å². The highest BCUT2D eigenvalue weighted by atomic mass is 32.2. The molecule has 0 aliphatic rings. The van der Waals surface area contributed by atoms with Crippen molar-refractivity contribution in [2.45, 2.75) is 17.1 Å². The van der Waals surface area contributed by atoms with Crippen LogP contribution in [0, 0.1) is 0 Å². The first kappa shape index (κ1) is 20.4. The number of carboxylic acid groups (broad SMARTS) is 2. The van der Waals surface area contributed by atoms with Crippen LogP contribution in [0.3, 0.4) is 0 Å². The van der Waals surface area contributed by atoms with E-state index in [4.69, 9.17) is 20.4 Å². The number of aliphatic hydroxyl groups excluding tert-OH is 2. The van der Waals surface area contributed by atoms with E-state index in [0.29, 0.717) is 0 Å². The van der Waals surface area contributed by atoms with Gasteiger partial charge in [-0.15, -0.1) is 0 Å². The summed E-state index contributed by atoms with van der Waals surface area (Å²) >= 11 is 0. The molecule has 0 saturated heterocycles. The predicted molar refractivity (Wildman–Crippen MR) is 79.0 cm³/mol. The summed E-state index contributed by atoms with van der Waals surface area (Å²) in [6.45, 7) is -1.89. The number of nitrogens with zero attached hydrogens (tertiary/aromatic N) is 1. The van der Waals surface area contributed by atoms with E-state index < -0.39 is 58.2 Å². The van der Waals surface area contributed by atoms with Crippen molar-refractivity contribution in [1.82, 2.24) is 15.0 Å². The van der Waals surface area contributed by atoms with Crippen LogP contribution in [0.2, 0.25) is 0 Å². The second-order valence-corrected chi connectivity index (χ2v) is 6.29. The van der Waals surface area contributed by atoms with E-state index in [2.05, 4.69) is 4.98 Å². The number of hydrogen-bond acceptors (Lipinski definition) is 8. The molecule has 1 rings (SSSR count). The molecule has 1 aromatic heterocycles. The van der Waals surface area contributed by atoms with Crippen molar-refractivity contribution in [3.05, 3.63) is 23.9 Å². The summed E-state index contributed by atoms with van der Waals surface area (Å²) in [6.07, 6.45) is 0.937. The molecule has 0 aromatic carbocycles. The van der Waals surface area contributed by atoms with Crippen molar-refractivity contribution in [2.24, 2.45) is 0 Å². The third kappa shape index (κ3) is 5.46. The van der Waals surface area contributed by atoms with Gasteiger partial charge in [-0.3, -0.25) is 9.59 Å². The first-order valence-electron chi connectivity index (χ1n) is 6.59. The second-order valence-electron chi connectivity index (χ2n) is 4.62.